The van der Waals surface area contributed by atoms with E-state index in [4.69, 9.17) is 4.74 Å². The quantitative estimate of drug-likeness (QED) is 0.712. The van der Waals surface area contributed by atoms with Crippen molar-refractivity contribution in [2.75, 3.05) is 24.6 Å². The molecule has 1 fully saturated rings. The van der Waals surface area contributed by atoms with Gasteiger partial charge in [0.1, 0.15) is 23.7 Å². The number of ether oxygens (including phenoxy) is 1. The Morgan fingerprint density at radius 2 is 2.04 bits per heavy atom. The lowest BCUT2D eigenvalue weighted by atomic mass is 10.0. The van der Waals surface area contributed by atoms with Crippen LogP contribution in [0.15, 0.2) is 36.0 Å². The van der Waals surface area contributed by atoms with Crippen molar-refractivity contribution in [1.82, 2.24) is 15.3 Å². The molecule has 6 nitrogen and oxygen atoms in total. The van der Waals surface area contributed by atoms with Gasteiger partial charge in [-0.1, -0.05) is 0 Å². The number of rotatable bonds is 5. The highest BCUT2D eigenvalue weighted by molar-refractivity contribution is 7.18. The van der Waals surface area contributed by atoms with Crippen molar-refractivity contribution in [3.8, 4) is 5.75 Å². The minimum atomic E-state index is -0.331. The molecule has 1 amide bonds. The number of thiophene rings is 1. The first-order valence-electron chi connectivity index (χ1n) is 9.21. The molecule has 1 N–H and O–H groups in total. The predicted octanol–water partition coefficient (Wildman–Crippen LogP) is 3.30. The number of carbonyl (C=O) groups is 1. The molecule has 1 aromatic carbocycles. The van der Waals surface area contributed by atoms with Gasteiger partial charge in [-0.2, -0.15) is 0 Å². The Morgan fingerprint density at radius 1 is 1.29 bits per heavy atom. The van der Waals surface area contributed by atoms with Crippen LogP contribution in [0.5, 0.6) is 5.75 Å². The number of hydrogen-bond acceptors (Lipinski definition) is 6. The van der Waals surface area contributed by atoms with Gasteiger partial charge in [0.25, 0.3) is 5.91 Å². The van der Waals surface area contributed by atoms with Crippen molar-refractivity contribution in [2.45, 2.75) is 25.8 Å². The van der Waals surface area contributed by atoms with Crippen LogP contribution >= 0.6 is 11.3 Å². The molecule has 0 unspecified atom stereocenters. The van der Waals surface area contributed by atoms with Gasteiger partial charge in [0.2, 0.25) is 0 Å². The summed E-state index contributed by atoms with van der Waals surface area (Å²) in [5.74, 6) is 0.959. The van der Waals surface area contributed by atoms with Gasteiger partial charge in [0.15, 0.2) is 6.61 Å². The van der Waals surface area contributed by atoms with Gasteiger partial charge in [-0.3, -0.25) is 4.79 Å². The summed E-state index contributed by atoms with van der Waals surface area (Å²) in [5.41, 5.74) is 2.19. The molecule has 0 radical (unpaired) electrons. The van der Waals surface area contributed by atoms with Gasteiger partial charge < -0.3 is 15.0 Å². The highest BCUT2D eigenvalue weighted by atomic mass is 32.1. The third-order valence-electron chi connectivity index (χ3n) is 4.86. The van der Waals surface area contributed by atoms with E-state index in [-0.39, 0.29) is 24.4 Å². The van der Waals surface area contributed by atoms with Gasteiger partial charge in [-0.25, -0.2) is 14.4 Å². The molecule has 146 valence electrons. The first kappa shape index (κ1) is 18.6. The van der Waals surface area contributed by atoms with Crippen molar-refractivity contribution < 1.29 is 13.9 Å². The van der Waals surface area contributed by atoms with Gasteiger partial charge in [0, 0.05) is 19.1 Å². The average molecular weight is 400 g/mol. The van der Waals surface area contributed by atoms with Crippen molar-refractivity contribution >= 4 is 33.3 Å². The highest BCUT2D eigenvalue weighted by Crippen LogP contribution is 2.32. The SMILES string of the molecule is Cc1csc2c(N3CCC(NC(=O)COc4ccc(F)cc4)CC3)ncnc12. The average Bonchev–Trinajstić information content (AvgIpc) is 3.09. The van der Waals surface area contributed by atoms with E-state index in [2.05, 4.69) is 32.5 Å². The van der Waals surface area contributed by atoms with E-state index in [1.807, 2.05) is 0 Å². The minimum absolute atomic E-state index is 0.0765. The standard InChI is InChI=1S/C20H21FN4O2S/c1-13-11-28-19-18(13)22-12-23-20(19)25-8-6-15(7-9-25)24-17(26)10-27-16-4-2-14(21)3-5-16/h2-5,11-12,15H,6-10H2,1H3,(H,24,26). The van der Waals surface area contributed by atoms with Crippen molar-refractivity contribution in [1.29, 1.82) is 0 Å². The summed E-state index contributed by atoms with van der Waals surface area (Å²) < 4.78 is 19.4. The fraction of sp³-hybridized carbons (Fsp3) is 0.350. The number of anilines is 1. The Morgan fingerprint density at radius 3 is 2.79 bits per heavy atom. The fourth-order valence-electron chi connectivity index (χ4n) is 3.37. The smallest absolute Gasteiger partial charge is 0.258 e. The zero-order valence-corrected chi connectivity index (χ0v) is 16.3. The number of benzene rings is 1. The van der Waals surface area contributed by atoms with Crippen LogP contribution in [-0.4, -0.2) is 41.6 Å². The van der Waals surface area contributed by atoms with Crippen LogP contribution in [-0.2, 0) is 4.79 Å². The van der Waals surface area contributed by atoms with E-state index in [0.29, 0.717) is 5.75 Å². The summed E-state index contributed by atoms with van der Waals surface area (Å²) >= 11 is 1.67. The number of nitrogens with one attached hydrogen (secondary N) is 1. The monoisotopic (exact) mass is 400 g/mol. The maximum Gasteiger partial charge on any atom is 0.258 e. The second-order valence-electron chi connectivity index (χ2n) is 6.87. The zero-order chi connectivity index (χ0) is 19.5. The molecule has 1 aliphatic heterocycles. The molecular formula is C20H21FN4O2S. The fourth-order valence-corrected chi connectivity index (χ4v) is 4.39. The summed E-state index contributed by atoms with van der Waals surface area (Å²) in [7, 11) is 0. The summed E-state index contributed by atoms with van der Waals surface area (Å²) in [4.78, 5) is 23.3. The normalized spacial score (nSPS) is 15.0. The van der Waals surface area contributed by atoms with Crippen LogP contribution in [0, 0.1) is 12.7 Å². The Balaban J connectivity index is 1.29. The van der Waals surface area contributed by atoms with Crippen LogP contribution in [0.25, 0.3) is 10.2 Å². The number of aromatic nitrogens is 2. The largest absolute Gasteiger partial charge is 0.484 e. The Kier molecular flexibility index (Phi) is 5.38. The van der Waals surface area contributed by atoms with Crippen molar-refractivity contribution in [3.05, 3.63) is 47.4 Å². The number of halogens is 1. The van der Waals surface area contributed by atoms with E-state index in [0.717, 1.165) is 42.0 Å². The van der Waals surface area contributed by atoms with E-state index in [1.165, 1.54) is 29.8 Å². The molecule has 3 heterocycles. The molecule has 8 heteroatoms. The van der Waals surface area contributed by atoms with E-state index in [9.17, 15) is 9.18 Å². The summed E-state index contributed by atoms with van der Waals surface area (Å²) in [6, 6.07) is 5.75. The summed E-state index contributed by atoms with van der Waals surface area (Å²) in [6.07, 6.45) is 3.31. The lowest BCUT2D eigenvalue weighted by Crippen LogP contribution is -2.46. The van der Waals surface area contributed by atoms with Crippen LogP contribution in [0.4, 0.5) is 10.2 Å². The lowest BCUT2D eigenvalue weighted by molar-refractivity contribution is -0.123. The molecule has 0 bridgehead atoms. The van der Waals surface area contributed by atoms with Crippen LogP contribution in [0.1, 0.15) is 18.4 Å². The second kappa shape index (κ2) is 8.10. The number of fused-ring (bicyclic) bond motifs is 1. The van der Waals surface area contributed by atoms with Gasteiger partial charge in [-0.15, -0.1) is 11.3 Å². The molecule has 0 atom stereocenters. The highest BCUT2D eigenvalue weighted by Gasteiger charge is 2.23. The molecule has 1 saturated heterocycles. The van der Waals surface area contributed by atoms with E-state index < -0.39 is 0 Å². The maximum absolute atomic E-state index is 12.9. The molecular weight excluding hydrogens is 379 g/mol. The number of hydrogen-bond donors (Lipinski definition) is 1. The topological polar surface area (TPSA) is 67.4 Å². The van der Waals surface area contributed by atoms with Crippen LogP contribution in [0.3, 0.4) is 0 Å². The van der Waals surface area contributed by atoms with Gasteiger partial charge in [-0.05, 0) is 55.0 Å². The molecule has 28 heavy (non-hydrogen) atoms. The number of carbonyl (C=O) groups excluding carboxylic acids is 1. The molecule has 0 aliphatic carbocycles. The second-order valence-corrected chi connectivity index (χ2v) is 7.74. The molecule has 4 rings (SSSR count). The minimum Gasteiger partial charge on any atom is -0.484 e. The first-order valence-corrected chi connectivity index (χ1v) is 10.1. The predicted molar refractivity (Wildman–Crippen MR) is 107 cm³/mol. The Labute approximate surface area is 166 Å². The third kappa shape index (κ3) is 4.06. The number of amides is 1. The first-order chi connectivity index (χ1) is 13.6. The van der Waals surface area contributed by atoms with E-state index in [1.54, 1.807) is 17.7 Å². The molecule has 1 aliphatic rings. The van der Waals surface area contributed by atoms with Gasteiger partial charge >= 0.3 is 0 Å². The molecule has 0 saturated carbocycles. The summed E-state index contributed by atoms with van der Waals surface area (Å²) in [5, 5.41) is 5.13. The molecule has 0 spiro atoms. The van der Waals surface area contributed by atoms with E-state index >= 15 is 0 Å². The van der Waals surface area contributed by atoms with Crippen molar-refractivity contribution in [3.63, 3.8) is 0 Å². The molecule has 3 aromatic rings. The lowest BCUT2D eigenvalue weighted by Gasteiger charge is -2.33. The Bertz CT molecular complexity index is 968. The van der Waals surface area contributed by atoms with Crippen LogP contribution < -0.4 is 15.0 Å². The van der Waals surface area contributed by atoms with Gasteiger partial charge in [0.05, 0.1) is 10.2 Å². The third-order valence-corrected chi connectivity index (χ3v) is 5.94. The van der Waals surface area contributed by atoms with Crippen molar-refractivity contribution in [2.24, 2.45) is 0 Å². The number of piperidine rings is 1. The van der Waals surface area contributed by atoms with Crippen LogP contribution in [0.2, 0.25) is 0 Å². The molecule has 2 aromatic heterocycles. The number of nitrogens with zero attached hydrogens (tertiary/aromatic N) is 3. The Hall–Kier alpha value is -2.74. The maximum atomic E-state index is 12.9. The number of aryl methyl sites for hydroxylation is 1. The summed E-state index contributed by atoms with van der Waals surface area (Å²) in [6.45, 7) is 3.64. The zero-order valence-electron chi connectivity index (χ0n) is 15.5.